The van der Waals surface area contributed by atoms with Crippen LogP contribution in [0.15, 0.2) is 73.1 Å². The molecule has 5 rings (SSSR count). The molecular weight excluding hydrogens is 496 g/mol. The lowest BCUT2D eigenvalue weighted by Gasteiger charge is -2.50. The Morgan fingerprint density at radius 3 is 2.17 bits per heavy atom. The molecule has 0 unspecified atom stereocenters. The molecular formula is C29H26B4N4O3. The summed E-state index contributed by atoms with van der Waals surface area (Å²) in [7, 11) is 23.4. The number of aromatic nitrogens is 3. The molecule has 8 radical (unpaired) electrons. The minimum absolute atomic E-state index is 0.0530. The van der Waals surface area contributed by atoms with Crippen LogP contribution in [0.2, 0.25) is 0 Å². The molecule has 4 aromatic rings. The van der Waals surface area contributed by atoms with Gasteiger partial charge in [0.15, 0.2) is 0 Å². The van der Waals surface area contributed by atoms with Gasteiger partial charge in [0.2, 0.25) is 0 Å². The first-order chi connectivity index (χ1) is 19.0. The van der Waals surface area contributed by atoms with Crippen molar-refractivity contribution in [3.63, 3.8) is 0 Å². The molecule has 0 bridgehead atoms. The molecule has 2 aromatic carbocycles. The molecule has 1 amide bonds. The molecule has 0 fully saturated rings. The molecule has 0 atom stereocenters. The molecule has 192 valence electrons. The van der Waals surface area contributed by atoms with E-state index in [1.165, 1.54) is 5.56 Å². The van der Waals surface area contributed by atoms with Gasteiger partial charge in [-0.3, -0.25) is 14.5 Å². The normalized spacial score (nSPS) is 13.9. The summed E-state index contributed by atoms with van der Waals surface area (Å²) in [6.45, 7) is 5.07. The number of carbonyl (C=O) groups is 1. The molecule has 2 aromatic heterocycles. The van der Waals surface area contributed by atoms with E-state index in [0.29, 0.717) is 29.5 Å². The van der Waals surface area contributed by atoms with E-state index in [2.05, 4.69) is 43.1 Å². The Balaban J connectivity index is 1.48. The first kappa shape index (κ1) is 27.8. The second kappa shape index (κ2) is 10.7. The first-order valence-electron chi connectivity index (χ1n) is 13.0. The fourth-order valence-electron chi connectivity index (χ4n) is 4.70. The van der Waals surface area contributed by atoms with Crippen LogP contribution in [0.1, 0.15) is 41.4 Å². The van der Waals surface area contributed by atoms with Crippen molar-refractivity contribution in [1.29, 1.82) is 0 Å². The summed E-state index contributed by atoms with van der Waals surface area (Å²) < 4.78 is 7.63. The van der Waals surface area contributed by atoms with Gasteiger partial charge in [-0.25, -0.2) is 0 Å². The monoisotopic (exact) mass is 522 g/mol. The Kier molecular flexibility index (Phi) is 7.44. The number of hydrogen-bond acceptors (Lipinski definition) is 5. The predicted molar refractivity (Wildman–Crippen MR) is 157 cm³/mol. The van der Waals surface area contributed by atoms with Gasteiger partial charge in [-0.15, -0.1) is 0 Å². The van der Waals surface area contributed by atoms with Gasteiger partial charge in [0, 0.05) is 30.1 Å². The number of aliphatic hydroxyl groups is 1. The van der Waals surface area contributed by atoms with Crippen LogP contribution in [0.5, 0.6) is 5.75 Å². The second-order valence-corrected chi connectivity index (χ2v) is 10.3. The summed E-state index contributed by atoms with van der Waals surface area (Å²) in [6, 6.07) is 19.4. The molecule has 1 N–H and O–H groups in total. The summed E-state index contributed by atoms with van der Waals surface area (Å²) in [6.07, 6.45) is 3.31. The van der Waals surface area contributed by atoms with Crippen LogP contribution >= 0.6 is 0 Å². The van der Waals surface area contributed by atoms with Crippen LogP contribution in [0.4, 0.5) is 0 Å². The van der Waals surface area contributed by atoms with Crippen LogP contribution < -0.4 is 4.74 Å². The highest BCUT2D eigenvalue weighted by Crippen LogP contribution is 2.38. The third kappa shape index (κ3) is 5.22. The van der Waals surface area contributed by atoms with E-state index in [0.717, 1.165) is 21.6 Å². The van der Waals surface area contributed by atoms with Gasteiger partial charge in [-0.05, 0) is 57.6 Å². The number of ether oxygens (including phenoxy) is 1. The zero-order valence-corrected chi connectivity index (χ0v) is 22.5. The second-order valence-electron chi connectivity index (χ2n) is 10.3. The Hall–Kier alpha value is -3.71. The minimum Gasteiger partial charge on any atom is -0.489 e. The number of carbonyl (C=O) groups excluding carboxylic acids is 1. The number of fused-ring (bicyclic) bond motifs is 1. The molecule has 0 spiro atoms. The number of benzene rings is 2. The summed E-state index contributed by atoms with van der Waals surface area (Å²) >= 11 is 0. The Labute approximate surface area is 239 Å². The van der Waals surface area contributed by atoms with Crippen LogP contribution in [0.3, 0.4) is 0 Å². The van der Waals surface area contributed by atoms with Crippen molar-refractivity contribution in [2.45, 2.75) is 43.7 Å². The highest BCUT2D eigenvalue weighted by atomic mass is 16.5. The molecule has 0 aliphatic carbocycles. The molecule has 11 heteroatoms. The molecule has 0 saturated heterocycles. The van der Waals surface area contributed by atoms with Gasteiger partial charge in [0.1, 0.15) is 23.7 Å². The minimum atomic E-state index is -2.53. The number of amides is 1. The van der Waals surface area contributed by atoms with E-state index >= 15 is 0 Å². The topological polar surface area (TPSA) is 80.5 Å². The molecule has 40 heavy (non-hydrogen) atoms. The van der Waals surface area contributed by atoms with Gasteiger partial charge >= 0.3 is 0 Å². The third-order valence-corrected chi connectivity index (χ3v) is 7.17. The zero-order chi connectivity index (χ0) is 28.7. The highest BCUT2D eigenvalue weighted by Gasteiger charge is 2.44. The molecule has 0 saturated carbocycles. The summed E-state index contributed by atoms with van der Waals surface area (Å²) in [4.78, 5) is 19.0. The first-order valence-corrected chi connectivity index (χ1v) is 13.0. The summed E-state index contributed by atoms with van der Waals surface area (Å²) in [5.74, 6) is 0.588. The lowest BCUT2D eigenvalue weighted by molar-refractivity contribution is 0.0455. The number of pyridine rings is 1. The maximum atomic E-state index is 13.8. The van der Waals surface area contributed by atoms with Crippen molar-refractivity contribution < 1.29 is 14.6 Å². The van der Waals surface area contributed by atoms with Crippen LogP contribution in [-0.2, 0) is 13.2 Å². The fourth-order valence-corrected chi connectivity index (χ4v) is 4.70. The van der Waals surface area contributed by atoms with Crippen molar-refractivity contribution in [3.8, 4) is 28.1 Å². The summed E-state index contributed by atoms with van der Waals surface area (Å²) in [5.41, 5.74) is 5.26. The van der Waals surface area contributed by atoms with Crippen molar-refractivity contribution in [3.05, 3.63) is 89.9 Å². The van der Waals surface area contributed by atoms with Crippen LogP contribution in [-0.4, -0.2) is 79.3 Å². The number of nitrogens with zero attached hydrogens (tertiary/aromatic N) is 4. The Morgan fingerprint density at radius 1 is 0.925 bits per heavy atom. The lowest BCUT2D eigenvalue weighted by Crippen LogP contribution is -2.69. The van der Waals surface area contributed by atoms with E-state index in [1.54, 1.807) is 17.1 Å². The highest BCUT2D eigenvalue weighted by molar-refractivity contribution is 6.54. The van der Waals surface area contributed by atoms with E-state index in [4.69, 9.17) is 41.2 Å². The Morgan fingerprint density at radius 2 is 1.57 bits per heavy atom. The maximum Gasteiger partial charge on any atom is 0.272 e. The third-order valence-electron chi connectivity index (χ3n) is 7.17. The molecule has 1 aliphatic rings. The van der Waals surface area contributed by atoms with Crippen molar-refractivity contribution in [2.75, 3.05) is 6.54 Å². The van der Waals surface area contributed by atoms with Gasteiger partial charge in [0.25, 0.3) is 5.91 Å². The van der Waals surface area contributed by atoms with Crippen molar-refractivity contribution in [1.82, 2.24) is 19.7 Å². The molecule has 1 aliphatic heterocycles. The van der Waals surface area contributed by atoms with Crippen molar-refractivity contribution in [2.24, 2.45) is 0 Å². The van der Waals surface area contributed by atoms with Crippen LogP contribution in [0.25, 0.3) is 22.4 Å². The number of hydrogen-bond donors (Lipinski definition) is 1. The van der Waals surface area contributed by atoms with Gasteiger partial charge in [-0.2, -0.15) is 5.10 Å². The van der Waals surface area contributed by atoms with Crippen LogP contribution in [0, 0.1) is 0 Å². The quantitative estimate of drug-likeness (QED) is 0.361. The SMILES string of the molecule is [B]C([B])(O)C([B])([B])N1CCn2nc(-c3ccncc3)c(-c3ccc(OCc4ccc(C(C)C)cc4)cc3)c2C1=O. The van der Waals surface area contributed by atoms with Crippen molar-refractivity contribution >= 4 is 37.3 Å². The van der Waals surface area contributed by atoms with Gasteiger partial charge in [-0.1, -0.05) is 50.2 Å². The van der Waals surface area contributed by atoms with E-state index in [-0.39, 0.29) is 18.8 Å². The largest absolute Gasteiger partial charge is 0.489 e. The smallest absolute Gasteiger partial charge is 0.272 e. The van der Waals surface area contributed by atoms with Gasteiger partial charge in [0.05, 0.1) is 37.9 Å². The zero-order valence-electron chi connectivity index (χ0n) is 22.5. The molecule has 7 nitrogen and oxygen atoms in total. The summed E-state index contributed by atoms with van der Waals surface area (Å²) in [5, 5.41) is 10.2. The average Bonchev–Trinajstić information content (AvgIpc) is 3.33. The fraction of sp³-hybridized carbons (Fsp3) is 0.276. The van der Waals surface area contributed by atoms with E-state index < -0.39 is 16.6 Å². The Bertz CT molecular complexity index is 1500. The average molecular weight is 522 g/mol. The maximum absolute atomic E-state index is 13.8. The predicted octanol–water partition coefficient (Wildman–Crippen LogP) is 2.74. The standard InChI is InChI=1S/C29H26B4N4O3/c1-18(2)20-5-3-19(4-6-20)17-40-23-9-7-21(8-10-23)24-25(22-11-13-34-14-12-22)35-37-16-15-36(27(38)26(24)37)28(30,31)29(32,33)39/h3-14,18,39H,15-17H2,1-2H3. The molecule has 3 heterocycles. The lowest BCUT2D eigenvalue weighted by atomic mass is 9.39. The number of rotatable bonds is 8. The van der Waals surface area contributed by atoms with E-state index in [9.17, 15) is 9.90 Å². The van der Waals surface area contributed by atoms with Gasteiger partial charge < -0.3 is 14.7 Å². The van der Waals surface area contributed by atoms with E-state index in [1.807, 2.05) is 36.4 Å².